The predicted octanol–water partition coefficient (Wildman–Crippen LogP) is 6.70. The summed E-state index contributed by atoms with van der Waals surface area (Å²) in [5, 5.41) is 4.91. The number of anilines is 1. The van der Waals surface area contributed by atoms with Gasteiger partial charge in [-0.2, -0.15) is 0 Å². The van der Waals surface area contributed by atoms with E-state index in [1.807, 2.05) is 0 Å². The van der Waals surface area contributed by atoms with Crippen molar-refractivity contribution >= 4 is 16.7 Å². The number of nitrogens with one attached hydrogen (secondary N) is 1. The summed E-state index contributed by atoms with van der Waals surface area (Å²) in [5.74, 6) is 1.77. The number of hydrogen-bond acceptors (Lipinski definition) is 3. The van der Waals surface area contributed by atoms with E-state index in [1.165, 1.54) is 100 Å². The number of hydrogen-bond donors (Lipinski definition) is 1. The molecule has 0 atom stereocenters. The molecule has 1 aromatic carbocycles. The summed E-state index contributed by atoms with van der Waals surface area (Å²) in [4.78, 5) is 7.67. The maximum atomic E-state index is 5.03. The Hall–Kier alpha value is -1.61. The zero-order chi connectivity index (χ0) is 20.8. The highest BCUT2D eigenvalue weighted by Crippen LogP contribution is 2.38. The second-order valence-electron chi connectivity index (χ2n) is 9.46. The Labute approximate surface area is 183 Å². The summed E-state index contributed by atoms with van der Waals surface area (Å²) in [6, 6.07) is 7.28. The minimum atomic E-state index is 0.706. The molecule has 4 rings (SSSR count). The van der Waals surface area contributed by atoms with Crippen LogP contribution >= 0.6 is 0 Å². The molecule has 3 heteroatoms. The Kier molecular flexibility index (Phi) is 7.65. The van der Waals surface area contributed by atoms with Crippen molar-refractivity contribution in [3.05, 3.63) is 34.9 Å². The highest BCUT2D eigenvalue weighted by atomic mass is 15.1. The van der Waals surface area contributed by atoms with E-state index >= 15 is 0 Å². The molecule has 1 aliphatic heterocycles. The summed E-state index contributed by atoms with van der Waals surface area (Å²) in [7, 11) is 0. The Balaban J connectivity index is 1.57. The molecule has 0 unspecified atom stereocenters. The number of rotatable bonds is 9. The fraction of sp³-hybridized carbons (Fsp3) is 0.667. The fourth-order valence-electron chi connectivity index (χ4n) is 5.63. The van der Waals surface area contributed by atoms with Crippen molar-refractivity contribution in [3.8, 4) is 0 Å². The highest BCUT2D eigenvalue weighted by molar-refractivity contribution is 5.86. The van der Waals surface area contributed by atoms with E-state index in [-0.39, 0.29) is 0 Å². The zero-order valence-electron chi connectivity index (χ0n) is 19.3. The van der Waals surface area contributed by atoms with E-state index in [0.717, 1.165) is 18.8 Å². The molecule has 0 amide bonds. The predicted molar refractivity (Wildman–Crippen MR) is 130 cm³/mol. The van der Waals surface area contributed by atoms with Crippen LogP contribution in [0.3, 0.4) is 0 Å². The first-order valence-corrected chi connectivity index (χ1v) is 12.7. The van der Waals surface area contributed by atoms with Gasteiger partial charge in [-0.3, -0.25) is 0 Å². The van der Waals surface area contributed by atoms with Gasteiger partial charge < -0.3 is 10.2 Å². The third-order valence-electron chi connectivity index (χ3n) is 7.31. The van der Waals surface area contributed by atoms with Gasteiger partial charge in [-0.05, 0) is 119 Å². The first-order chi connectivity index (χ1) is 14.8. The summed E-state index contributed by atoms with van der Waals surface area (Å²) >= 11 is 0. The van der Waals surface area contributed by atoms with Gasteiger partial charge in [0.1, 0.15) is 5.82 Å². The third-order valence-corrected chi connectivity index (χ3v) is 7.31. The molecule has 2 aromatic rings. The van der Waals surface area contributed by atoms with Crippen LogP contribution in [0.25, 0.3) is 10.9 Å². The fourth-order valence-corrected chi connectivity index (χ4v) is 5.63. The number of likely N-dealkylation sites (tertiary alicyclic amines) is 1. The molecule has 30 heavy (non-hydrogen) atoms. The smallest absolute Gasteiger partial charge is 0.126 e. The number of unbranched alkanes of at least 4 members (excludes halogenated alkanes) is 1. The normalized spacial score (nSPS) is 18.3. The lowest BCUT2D eigenvalue weighted by atomic mass is 9.82. The maximum Gasteiger partial charge on any atom is 0.126 e. The summed E-state index contributed by atoms with van der Waals surface area (Å²) in [6.07, 6.45) is 14.5. The van der Waals surface area contributed by atoms with Crippen molar-refractivity contribution in [1.29, 1.82) is 0 Å². The van der Waals surface area contributed by atoms with Crippen molar-refractivity contribution < 1.29 is 0 Å². The zero-order valence-corrected chi connectivity index (χ0v) is 19.3. The lowest BCUT2D eigenvalue weighted by Crippen LogP contribution is -2.20. The molecule has 2 fully saturated rings. The standard InChI is InChI=1S/C27H41N3/c1-3-21-18-25-24(22-12-6-5-7-13-22)20-27(28-4-2)29-26(25)19-23(21)14-8-9-15-30-16-10-11-17-30/h18-20,22H,3-17H2,1-2H3,(H,28,29). The monoisotopic (exact) mass is 407 g/mol. The molecule has 3 nitrogen and oxygen atoms in total. The number of benzene rings is 1. The van der Waals surface area contributed by atoms with E-state index in [2.05, 4.69) is 42.3 Å². The average Bonchev–Trinajstić information content (AvgIpc) is 3.30. The van der Waals surface area contributed by atoms with E-state index in [1.54, 1.807) is 11.1 Å². The maximum absolute atomic E-state index is 5.03. The third kappa shape index (κ3) is 5.17. The van der Waals surface area contributed by atoms with Gasteiger partial charge in [-0.15, -0.1) is 0 Å². The second-order valence-corrected chi connectivity index (χ2v) is 9.46. The van der Waals surface area contributed by atoms with E-state index < -0.39 is 0 Å². The van der Waals surface area contributed by atoms with Crippen LogP contribution in [0.2, 0.25) is 0 Å². The summed E-state index contributed by atoms with van der Waals surface area (Å²) in [6.45, 7) is 9.32. The molecule has 0 radical (unpaired) electrons. The summed E-state index contributed by atoms with van der Waals surface area (Å²) < 4.78 is 0. The van der Waals surface area contributed by atoms with Crippen LogP contribution in [0.4, 0.5) is 5.82 Å². The van der Waals surface area contributed by atoms with Crippen LogP contribution in [0.15, 0.2) is 18.2 Å². The minimum absolute atomic E-state index is 0.706. The molecule has 1 aliphatic carbocycles. The first kappa shape index (κ1) is 21.6. The van der Waals surface area contributed by atoms with Crippen LogP contribution in [0.1, 0.15) is 94.2 Å². The van der Waals surface area contributed by atoms with Crippen LogP contribution in [0.5, 0.6) is 0 Å². The lowest BCUT2D eigenvalue weighted by molar-refractivity contribution is 0.330. The van der Waals surface area contributed by atoms with Crippen molar-refractivity contribution in [2.24, 2.45) is 0 Å². The molecule has 0 spiro atoms. The Bertz CT molecular complexity index is 816. The molecule has 1 N–H and O–H groups in total. The Morgan fingerprint density at radius 2 is 1.73 bits per heavy atom. The number of aromatic nitrogens is 1. The van der Waals surface area contributed by atoms with Crippen LogP contribution in [0, 0.1) is 0 Å². The minimum Gasteiger partial charge on any atom is -0.370 e. The summed E-state index contributed by atoms with van der Waals surface area (Å²) in [5.41, 5.74) is 5.83. The molecule has 1 saturated heterocycles. The molecule has 1 aromatic heterocycles. The molecule has 2 heterocycles. The van der Waals surface area contributed by atoms with Crippen molar-refractivity contribution in [2.45, 2.75) is 90.4 Å². The quantitative estimate of drug-likeness (QED) is 0.469. The molecular weight excluding hydrogens is 366 g/mol. The topological polar surface area (TPSA) is 28.2 Å². The van der Waals surface area contributed by atoms with Gasteiger partial charge in [0.2, 0.25) is 0 Å². The van der Waals surface area contributed by atoms with Gasteiger partial charge in [0.15, 0.2) is 0 Å². The average molecular weight is 408 g/mol. The highest BCUT2D eigenvalue weighted by Gasteiger charge is 2.20. The number of nitrogens with zero attached hydrogens (tertiary/aromatic N) is 2. The Morgan fingerprint density at radius 1 is 0.933 bits per heavy atom. The molecular formula is C27H41N3. The van der Waals surface area contributed by atoms with Gasteiger partial charge in [0, 0.05) is 11.9 Å². The van der Waals surface area contributed by atoms with Gasteiger partial charge >= 0.3 is 0 Å². The van der Waals surface area contributed by atoms with Gasteiger partial charge in [0.05, 0.1) is 5.52 Å². The van der Waals surface area contributed by atoms with Crippen LogP contribution in [-0.4, -0.2) is 36.1 Å². The number of aryl methyl sites for hydroxylation is 2. The van der Waals surface area contributed by atoms with E-state index in [9.17, 15) is 0 Å². The number of pyridine rings is 1. The Morgan fingerprint density at radius 3 is 2.47 bits per heavy atom. The SMILES string of the molecule is CCNc1cc(C2CCCCC2)c2cc(CC)c(CCCCN3CCCC3)cc2n1. The van der Waals surface area contributed by atoms with E-state index in [4.69, 9.17) is 4.98 Å². The van der Waals surface area contributed by atoms with Crippen LogP contribution < -0.4 is 5.32 Å². The molecule has 1 saturated carbocycles. The van der Waals surface area contributed by atoms with Gasteiger partial charge in [-0.1, -0.05) is 26.2 Å². The largest absolute Gasteiger partial charge is 0.370 e. The molecule has 2 aliphatic rings. The number of fused-ring (bicyclic) bond motifs is 1. The van der Waals surface area contributed by atoms with Gasteiger partial charge in [-0.25, -0.2) is 4.98 Å². The van der Waals surface area contributed by atoms with E-state index in [0.29, 0.717) is 5.92 Å². The van der Waals surface area contributed by atoms with Crippen molar-refractivity contribution in [1.82, 2.24) is 9.88 Å². The first-order valence-electron chi connectivity index (χ1n) is 12.7. The van der Waals surface area contributed by atoms with Gasteiger partial charge in [0.25, 0.3) is 0 Å². The van der Waals surface area contributed by atoms with Crippen molar-refractivity contribution in [3.63, 3.8) is 0 Å². The lowest BCUT2D eigenvalue weighted by Gasteiger charge is -2.24. The molecule has 0 bridgehead atoms. The van der Waals surface area contributed by atoms with Crippen molar-refractivity contribution in [2.75, 3.05) is 31.5 Å². The second kappa shape index (κ2) is 10.6. The van der Waals surface area contributed by atoms with Crippen LogP contribution in [-0.2, 0) is 12.8 Å². The molecule has 164 valence electrons.